The molecule has 0 spiro atoms. The van der Waals surface area contributed by atoms with Gasteiger partial charge in [-0.15, -0.1) is 0 Å². The number of halogens is 1. The Bertz CT molecular complexity index is 1130. The van der Waals surface area contributed by atoms with Crippen molar-refractivity contribution in [2.45, 2.75) is 6.61 Å². The molecule has 156 valence electrons. The molecule has 2 amide bonds. The molecule has 0 N–H and O–H groups in total. The normalized spacial score (nSPS) is 14.9. The Morgan fingerprint density at radius 3 is 2.19 bits per heavy atom. The SMILES string of the molecule is COc1ccc(N2C(=O)S/C(=C\c3ccc(OCc4ccc(Cl)cc4)cc3)C2=O)cc1. The molecule has 3 aromatic rings. The first kappa shape index (κ1) is 21.0. The van der Waals surface area contributed by atoms with E-state index in [1.807, 2.05) is 48.5 Å². The number of thioether (sulfide) groups is 1. The molecule has 0 aromatic heterocycles. The summed E-state index contributed by atoms with van der Waals surface area (Å²) in [5, 5.41) is 0.355. The van der Waals surface area contributed by atoms with Crippen LogP contribution in [0.4, 0.5) is 10.5 Å². The number of rotatable bonds is 6. The molecular weight excluding hydrogens is 434 g/mol. The summed E-state index contributed by atoms with van der Waals surface area (Å²) in [6.07, 6.45) is 1.71. The van der Waals surface area contributed by atoms with Crippen molar-refractivity contribution in [1.82, 2.24) is 0 Å². The van der Waals surface area contributed by atoms with Crippen molar-refractivity contribution in [2.75, 3.05) is 12.0 Å². The van der Waals surface area contributed by atoms with Crippen molar-refractivity contribution in [1.29, 1.82) is 0 Å². The summed E-state index contributed by atoms with van der Waals surface area (Å²) < 4.78 is 10.9. The second kappa shape index (κ2) is 9.29. The van der Waals surface area contributed by atoms with Crippen molar-refractivity contribution >= 4 is 46.3 Å². The van der Waals surface area contributed by atoms with Crippen molar-refractivity contribution < 1.29 is 19.1 Å². The second-order valence-corrected chi connectivity index (χ2v) is 8.13. The fourth-order valence-corrected chi connectivity index (χ4v) is 3.95. The molecule has 4 rings (SSSR count). The highest BCUT2D eigenvalue weighted by Gasteiger charge is 2.36. The zero-order valence-corrected chi connectivity index (χ0v) is 18.2. The Labute approximate surface area is 189 Å². The number of carbonyl (C=O) groups excluding carboxylic acids is 2. The number of imide groups is 1. The van der Waals surface area contributed by atoms with E-state index in [1.165, 1.54) is 4.90 Å². The first-order valence-electron chi connectivity index (χ1n) is 9.43. The van der Waals surface area contributed by atoms with E-state index in [1.54, 1.807) is 37.5 Å². The topological polar surface area (TPSA) is 55.8 Å². The van der Waals surface area contributed by atoms with E-state index in [0.29, 0.717) is 33.7 Å². The van der Waals surface area contributed by atoms with Gasteiger partial charge >= 0.3 is 0 Å². The molecule has 7 heteroatoms. The number of methoxy groups -OCH3 is 1. The molecule has 3 aromatic carbocycles. The van der Waals surface area contributed by atoms with Crippen LogP contribution < -0.4 is 14.4 Å². The van der Waals surface area contributed by atoms with Crippen molar-refractivity contribution in [2.24, 2.45) is 0 Å². The van der Waals surface area contributed by atoms with E-state index in [0.717, 1.165) is 22.9 Å². The Morgan fingerprint density at radius 2 is 1.55 bits per heavy atom. The van der Waals surface area contributed by atoms with Gasteiger partial charge in [0.05, 0.1) is 17.7 Å². The van der Waals surface area contributed by atoms with Gasteiger partial charge in [0.15, 0.2) is 0 Å². The van der Waals surface area contributed by atoms with Crippen LogP contribution in [0.5, 0.6) is 11.5 Å². The highest BCUT2D eigenvalue weighted by molar-refractivity contribution is 8.19. The quantitative estimate of drug-likeness (QED) is 0.419. The van der Waals surface area contributed by atoms with E-state index in [-0.39, 0.29) is 11.1 Å². The third-order valence-electron chi connectivity index (χ3n) is 4.62. The van der Waals surface area contributed by atoms with Gasteiger partial charge in [-0.05, 0) is 77.5 Å². The fraction of sp³-hybridized carbons (Fsp3) is 0.0833. The van der Waals surface area contributed by atoms with Gasteiger partial charge in [0.1, 0.15) is 18.1 Å². The largest absolute Gasteiger partial charge is 0.497 e. The number of hydrogen-bond acceptors (Lipinski definition) is 5. The summed E-state index contributed by atoms with van der Waals surface area (Å²) >= 11 is 6.81. The van der Waals surface area contributed by atoms with Crippen LogP contribution in [0.1, 0.15) is 11.1 Å². The molecule has 1 heterocycles. The van der Waals surface area contributed by atoms with E-state index < -0.39 is 0 Å². The van der Waals surface area contributed by atoms with Gasteiger partial charge < -0.3 is 9.47 Å². The van der Waals surface area contributed by atoms with Crippen LogP contribution in [0, 0.1) is 0 Å². The number of ether oxygens (including phenoxy) is 2. The summed E-state index contributed by atoms with van der Waals surface area (Å²) in [4.78, 5) is 26.7. The Morgan fingerprint density at radius 1 is 0.903 bits per heavy atom. The van der Waals surface area contributed by atoms with Crippen molar-refractivity contribution in [3.8, 4) is 11.5 Å². The lowest BCUT2D eigenvalue weighted by Crippen LogP contribution is -2.27. The zero-order valence-electron chi connectivity index (χ0n) is 16.6. The Hall–Kier alpha value is -3.22. The summed E-state index contributed by atoms with van der Waals surface area (Å²) in [6, 6.07) is 21.6. The average molecular weight is 452 g/mol. The Kier molecular flexibility index (Phi) is 6.30. The number of anilines is 1. The van der Waals surface area contributed by atoms with Gasteiger partial charge in [0, 0.05) is 5.02 Å². The summed E-state index contributed by atoms with van der Waals surface area (Å²) in [6.45, 7) is 0.428. The summed E-state index contributed by atoms with van der Waals surface area (Å²) in [5.41, 5.74) is 2.33. The van der Waals surface area contributed by atoms with E-state index in [2.05, 4.69) is 0 Å². The standard InChI is InChI=1S/C24H18ClNO4S/c1-29-20-12-8-19(9-13-20)26-23(27)22(31-24(26)28)14-16-4-10-21(11-5-16)30-15-17-2-6-18(25)7-3-17/h2-14H,15H2,1H3/b22-14-. The number of hydrogen-bond donors (Lipinski definition) is 0. The number of nitrogens with zero attached hydrogens (tertiary/aromatic N) is 1. The molecule has 1 aliphatic heterocycles. The van der Waals surface area contributed by atoms with Crippen LogP contribution in [-0.4, -0.2) is 18.3 Å². The van der Waals surface area contributed by atoms with Crippen LogP contribution in [0.15, 0.2) is 77.7 Å². The first-order valence-corrected chi connectivity index (χ1v) is 10.6. The zero-order chi connectivity index (χ0) is 21.8. The molecule has 0 radical (unpaired) electrons. The van der Waals surface area contributed by atoms with Gasteiger partial charge in [-0.1, -0.05) is 35.9 Å². The van der Waals surface area contributed by atoms with Crippen LogP contribution in [0.3, 0.4) is 0 Å². The molecular formula is C24H18ClNO4S. The molecule has 1 saturated heterocycles. The summed E-state index contributed by atoms with van der Waals surface area (Å²) in [5.74, 6) is 1.02. The number of amides is 2. The molecule has 0 aliphatic carbocycles. The lowest BCUT2D eigenvalue weighted by atomic mass is 10.2. The van der Waals surface area contributed by atoms with Gasteiger partial charge in [-0.3, -0.25) is 9.59 Å². The van der Waals surface area contributed by atoms with E-state index >= 15 is 0 Å². The predicted octanol–water partition coefficient (Wildman–Crippen LogP) is 6.17. The van der Waals surface area contributed by atoms with Gasteiger partial charge in [-0.25, -0.2) is 4.90 Å². The van der Waals surface area contributed by atoms with Crippen molar-refractivity contribution in [3.05, 3.63) is 93.9 Å². The first-order chi connectivity index (χ1) is 15.0. The third-order valence-corrected chi connectivity index (χ3v) is 5.74. The van der Waals surface area contributed by atoms with Gasteiger partial charge in [0.2, 0.25) is 0 Å². The molecule has 0 bridgehead atoms. The highest BCUT2D eigenvalue weighted by atomic mass is 35.5. The van der Waals surface area contributed by atoms with Crippen LogP contribution in [-0.2, 0) is 11.4 Å². The van der Waals surface area contributed by atoms with Crippen molar-refractivity contribution in [3.63, 3.8) is 0 Å². The predicted molar refractivity (Wildman–Crippen MR) is 124 cm³/mol. The minimum atomic E-state index is -0.344. The minimum absolute atomic E-state index is 0.329. The maximum atomic E-state index is 12.8. The average Bonchev–Trinajstić information content (AvgIpc) is 3.07. The van der Waals surface area contributed by atoms with Crippen LogP contribution in [0.2, 0.25) is 5.02 Å². The number of carbonyl (C=O) groups is 2. The monoisotopic (exact) mass is 451 g/mol. The number of benzene rings is 3. The van der Waals surface area contributed by atoms with E-state index in [9.17, 15) is 9.59 Å². The third kappa shape index (κ3) is 4.93. The van der Waals surface area contributed by atoms with E-state index in [4.69, 9.17) is 21.1 Å². The molecule has 31 heavy (non-hydrogen) atoms. The highest BCUT2D eigenvalue weighted by Crippen LogP contribution is 2.36. The lowest BCUT2D eigenvalue weighted by molar-refractivity contribution is -0.113. The molecule has 0 unspecified atom stereocenters. The smallest absolute Gasteiger partial charge is 0.298 e. The Balaban J connectivity index is 1.43. The molecule has 1 aliphatic rings. The molecule has 0 atom stereocenters. The molecule has 5 nitrogen and oxygen atoms in total. The lowest BCUT2D eigenvalue weighted by Gasteiger charge is -2.12. The fourth-order valence-electron chi connectivity index (χ4n) is 2.98. The molecule has 1 fully saturated rings. The van der Waals surface area contributed by atoms with Gasteiger partial charge in [-0.2, -0.15) is 0 Å². The van der Waals surface area contributed by atoms with Crippen LogP contribution >= 0.6 is 23.4 Å². The van der Waals surface area contributed by atoms with Gasteiger partial charge in [0.25, 0.3) is 11.1 Å². The van der Waals surface area contributed by atoms with Crippen LogP contribution in [0.25, 0.3) is 6.08 Å². The minimum Gasteiger partial charge on any atom is -0.497 e. The molecule has 0 saturated carbocycles. The summed E-state index contributed by atoms with van der Waals surface area (Å²) in [7, 11) is 1.56. The maximum Gasteiger partial charge on any atom is 0.298 e. The second-order valence-electron chi connectivity index (χ2n) is 6.70. The maximum absolute atomic E-state index is 12.8.